The molecule has 1 aliphatic rings. The topological polar surface area (TPSA) is 87.7 Å². The number of nitrogens with one attached hydrogen (secondary N) is 2. The van der Waals surface area contributed by atoms with Crippen LogP contribution in [0.3, 0.4) is 0 Å². The lowest BCUT2D eigenvalue weighted by Crippen LogP contribution is -2.25. The summed E-state index contributed by atoms with van der Waals surface area (Å²) in [6.45, 7) is 0.656. The van der Waals surface area contributed by atoms with Gasteiger partial charge in [-0.2, -0.15) is 5.10 Å². The fraction of sp³-hybridized carbons (Fsp3) is 0.333. The third kappa shape index (κ3) is 2.39. The van der Waals surface area contributed by atoms with Crippen molar-refractivity contribution in [2.24, 2.45) is 0 Å². The van der Waals surface area contributed by atoms with Gasteiger partial charge >= 0.3 is 0 Å². The molecule has 2 aromatic rings. The van der Waals surface area contributed by atoms with Crippen molar-refractivity contribution in [3.8, 4) is 0 Å². The summed E-state index contributed by atoms with van der Waals surface area (Å²) in [6, 6.07) is 7.02. The zero-order chi connectivity index (χ0) is 13.3. The van der Waals surface area contributed by atoms with Crippen LogP contribution < -0.4 is 5.32 Å². The van der Waals surface area contributed by atoms with Crippen LogP contribution >= 0.6 is 0 Å². The van der Waals surface area contributed by atoms with E-state index in [0.717, 1.165) is 11.4 Å². The van der Waals surface area contributed by atoms with Crippen molar-refractivity contribution in [1.29, 1.82) is 0 Å². The smallest absolute Gasteiger partial charge is 0.180 e. The molecule has 6 nitrogen and oxygen atoms in total. The van der Waals surface area contributed by atoms with Crippen LogP contribution in [0.25, 0.3) is 0 Å². The van der Waals surface area contributed by atoms with Crippen molar-refractivity contribution >= 4 is 9.84 Å². The maximum absolute atomic E-state index is 12.0. The van der Waals surface area contributed by atoms with Gasteiger partial charge in [0.2, 0.25) is 0 Å². The Morgan fingerprint density at radius 1 is 1.37 bits per heavy atom. The van der Waals surface area contributed by atoms with E-state index >= 15 is 0 Å². The molecule has 1 atom stereocenters. The van der Waals surface area contributed by atoms with E-state index in [2.05, 4.69) is 20.5 Å². The van der Waals surface area contributed by atoms with Gasteiger partial charge in [0, 0.05) is 19.0 Å². The van der Waals surface area contributed by atoms with Gasteiger partial charge in [0.1, 0.15) is 12.2 Å². The summed E-state index contributed by atoms with van der Waals surface area (Å²) in [5, 5.41) is 9.82. The average molecular weight is 278 g/mol. The van der Waals surface area contributed by atoms with Gasteiger partial charge in [-0.3, -0.25) is 5.10 Å². The van der Waals surface area contributed by atoms with Crippen molar-refractivity contribution in [2.75, 3.05) is 12.3 Å². The fourth-order valence-corrected chi connectivity index (χ4v) is 4.11. The van der Waals surface area contributed by atoms with Gasteiger partial charge < -0.3 is 5.32 Å². The molecule has 0 fully saturated rings. The normalized spacial score (nSPS) is 20.3. The van der Waals surface area contributed by atoms with Crippen molar-refractivity contribution in [3.05, 3.63) is 42.0 Å². The van der Waals surface area contributed by atoms with Crippen molar-refractivity contribution < 1.29 is 8.42 Å². The molecular formula is C12H14N4O2S. The average Bonchev–Trinajstić information content (AvgIpc) is 2.98. The molecule has 1 unspecified atom stereocenters. The number of nitrogens with zero attached hydrogens (tertiary/aromatic N) is 2. The van der Waals surface area contributed by atoms with Gasteiger partial charge in [-0.1, -0.05) is 18.2 Å². The first kappa shape index (κ1) is 12.3. The summed E-state index contributed by atoms with van der Waals surface area (Å²) < 4.78 is 24.0. The Hall–Kier alpha value is -1.73. The molecule has 0 bridgehead atoms. The van der Waals surface area contributed by atoms with Crippen LogP contribution in [0.2, 0.25) is 0 Å². The van der Waals surface area contributed by atoms with E-state index in [0.29, 0.717) is 17.9 Å². The molecule has 2 N–H and O–H groups in total. The van der Waals surface area contributed by atoms with Crippen molar-refractivity contribution in [1.82, 2.24) is 20.5 Å². The van der Waals surface area contributed by atoms with Crippen molar-refractivity contribution in [3.63, 3.8) is 0 Å². The van der Waals surface area contributed by atoms with Gasteiger partial charge in [-0.25, -0.2) is 13.4 Å². The molecule has 0 radical (unpaired) electrons. The van der Waals surface area contributed by atoms with E-state index in [1.807, 2.05) is 12.1 Å². The Kier molecular flexibility index (Phi) is 3.08. The van der Waals surface area contributed by atoms with Crippen LogP contribution in [0, 0.1) is 0 Å². The molecule has 1 aromatic carbocycles. The highest BCUT2D eigenvalue weighted by Gasteiger charge is 2.33. The molecule has 0 amide bonds. The number of hydrogen-bond donors (Lipinski definition) is 2. The molecular weight excluding hydrogens is 264 g/mol. The molecule has 1 aromatic heterocycles. The first-order valence-electron chi connectivity index (χ1n) is 6.06. The number of hydrogen-bond acceptors (Lipinski definition) is 5. The number of H-pyrrole nitrogens is 1. The Morgan fingerprint density at radius 2 is 2.21 bits per heavy atom. The Morgan fingerprint density at radius 3 is 3.00 bits per heavy atom. The lowest BCUT2D eigenvalue weighted by molar-refractivity contribution is 0.564. The first-order valence-corrected chi connectivity index (χ1v) is 7.71. The second-order valence-electron chi connectivity index (χ2n) is 4.51. The third-order valence-corrected chi connectivity index (χ3v) is 5.05. The van der Waals surface area contributed by atoms with E-state index in [4.69, 9.17) is 0 Å². The summed E-state index contributed by atoms with van der Waals surface area (Å²) in [7, 11) is -3.14. The fourth-order valence-electron chi connectivity index (χ4n) is 2.34. The minimum atomic E-state index is -3.14. The molecule has 7 heteroatoms. The van der Waals surface area contributed by atoms with Crippen LogP contribution in [0.1, 0.15) is 17.4 Å². The van der Waals surface area contributed by atoms with E-state index in [-0.39, 0.29) is 11.8 Å². The van der Waals surface area contributed by atoms with Crippen LogP contribution in [0.4, 0.5) is 0 Å². The monoisotopic (exact) mass is 278 g/mol. The molecule has 0 saturated heterocycles. The van der Waals surface area contributed by atoms with E-state index in [1.165, 1.54) is 6.33 Å². The number of rotatable bonds is 4. The van der Waals surface area contributed by atoms with Crippen molar-refractivity contribution in [2.45, 2.75) is 17.4 Å². The maximum atomic E-state index is 12.0. The summed E-state index contributed by atoms with van der Waals surface area (Å²) in [5.41, 5.74) is 0.861. The van der Waals surface area contributed by atoms with Crippen LogP contribution in [0.5, 0.6) is 0 Å². The largest absolute Gasteiger partial charge is 0.309 e. The zero-order valence-corrected chi connectivity index (χ0v) is 11.0. The molecule has 2 heterocycles. The number of fused-ring (bicyclic) bond motifs is 1. The van der Waals surface area contributed by atoms with Gasteiger partial charge in [0.15, 0.2) is 9.84 Å². The molecule has 19 heavy (non-hydrogen) atoms. The van der Waals surface area contributed by atoms with Gasteiger partial charge in [0.05, 0.1) is 10.6 Å². The summed E-state index contributed by atoms with van der Waals surface area (Å²) in [6.07, 6.45) is 2.16. The molecule has 1 aliphatic heterocycles. The quantitative estimate of drug-likeness (QED) is 0.848. The minimum absolute atomic E-state index is 0.128. The Bertz CT molecular complexity index is 667. The van der Waals surface area contributed by atoms with Crippen LogP contribution in [-0.2, 0) is 16.3 Å². The highest BCUT2D eigenvalue weighted by Crippen LogP contribution is 2.32. The first-order chi connectivity index (χ1) is 9.17. The summed E-state index contributed by atoms with van der Waals surface area (Å²) in [5.74, 6) is 0.921. The molecule has 0 saturated carbocycles. The number of aromatic nitrogens is 3. The number of sulfone groups is 1. The summed E-state index contributed by atoms with van der Waals surface area (Å²) in [4.78, 5) is 4.48. The summed E-state index contributed by atoms with van der Waals surface area (Å²) >= 11 is 0. The predicted octanol–water partition coefficient (Wildman–Crippen LogP) is 0.465. The molecule has 3 rings (SSSR count). The number of aromatic amines is 1. The maximum Gasteiger partial charge on any atom is 0.180 e. The second kappa shape index (κ2) is 4.75. The molecule has 100 valence electrons. The third-order valence-electron chi connectivity index (χ3n) is 3.23. The highest BCUT2D eigenvalue weighted by molar-refractivity contribution is 7.91. The lowest BCUT2D eigenvalue weighted by Gasteiger charge is -2.11. The minimum Gasteiger partial charge on any atom is -0.309 e. The lowest BCUT2D eigenvalue weighted by atomic mass is 10.1. The molecule has 0 aliphatic carbocycles. The second-order valence-corrected chi connectivity index (χ2v) is 6.51. The molecule has 0 spiro atoms. The predicted molar refractivity (Wildman–Crippen MR) is 69.3 cm³/mol. The van der Waals surface area contributed by atoms with Gasteiger partial charge in [-0.15, -0.1) is 0 Å². The van der Waals surface area contributed by atoms with E-state index in [9.17, 15) is 8.42 Å². The Labute approximate surface area is 111 Å². The number of benzene rings is 1. The van der Waals surface area contributed by atoms with Gasteiger partial charge in [0.25, 0.3) is 0 Å². The highest BCUT2D eigenvalue weighted by atomic mass is 32.2. The van der Waals surface area contributed by atoms with E-state index in [1.54, 1.807) is 12.1 Å². The van der Waals surface area contributed by atoms with Gasteiger partial charge in [-0.05, 0) is 11.6 Å². The van der Waals surface area contributed by atoms with E-state index < -0.39 is 9.84 Å². The standard InChI is InChI=1S/C12H14N4O2S/c17-19(18)7-10(9-3-1-2-4-11(9)19)13-6-5-12-14-8-15-16-12/h1-4,8,10,13H,5-7H2,(H,14,15,16). The van der Waals surface area contributed by atoms with Crippen LogP contribution in [-0.4, -0.2) is 35.9 Å². The SMILES string of the molecule is O=S1(=O)CC(NCCc2ncn[nH]2)c2ccccc21. The Balaban J connectivity index is 1.70. The van der Waals surface area contributed by atoms with Crippen LogP contribution in [0.15, 0.2) is 35.5 Å². The zero-order valence-electron chi connectivity index (χ0n) is 10.2.